The van der Waals surface area contributed by atoms with Gasteiger partial charge in [-0.15, -0.1) is 0 Å². The zero-order valence-corrected chi connectivity index (χ0v) is 14.2. The smallest absolute Gasteiger partial charge is 0.349 e. The molecular formula is C16H16N2O5S. The molecule has 8 heteroatoms. The number of benzene rings is 1. The number of anilines is 1. The lowest BCUT2D eigenvalue weighted by Crippen LogP contribution is -2.07. The third-order valence-corrected chi connectivity index (χ3v) is 3.87. The molecule has 0 aliphatic rings. The predicted molar refractivity (Wildman–Crippen MR) is 90.7 cm³/mol. The summed E-state index contributed by atoms with van der Waals surface area (Å²) in [4.78, 5) is 27.6. The molecule has 0 spiro atoms. The summed E-state index contributed by atoms with van der Waals surface area (Å²) < 4.78 is 15.0. The van der Waals surface area contributed by atoms with E-state index in [0.29, 0.717) is 27.1 Å². The van der Waals surface area contributed by atoms with E-state index in [9.17, 15) is 9.59 Å². The Morgan fingerprint density at radius 3 is 2.67 bits per heavy atom. The minimum absolute atomic E-state index is 0.308. The molecule has 2 rings (SSSR count). The van der Waals surface area contributed by atoms with Crippen molar-refractivity contribution in [2.24, 2.45) is 0 Å². The van der Waals surface area contributed by atoms with Crippen molar-refractivity contribution in [3.05, 3.63) is 40.9 Å². The van der Waals surface area contributed by atoms with E-state index < -0.39 is 5.97 Å². The quantitative estimate of drug-likeness (QED) is 0.638. The van der Waals surface area contributed by atoms with Crippen LogP contribution in [0, 0.1) is 0 Å². The van der Waals surface area contributed by atoms with Gasteiger partial charge in [0.05, 0.1) is 27.5 Å². The lowest BCUT2D eigenvalue weighted by Gasteiger charge is -2.07. The number of thiazole rings is 1. The maximum Gasteiger partial charge on any atom is 0.349 e. The van der Waals surface area contributed by atoms with Crippen molar-refractivity contribution in [3.63, 3.8) is 0 Å². The molecule has 1 N–H and O–H groups in total. The average Bonchev–Trinajstić information content (AvgIpc) is 3.07. The summed E-state index contributed by atoms with van der Waals surface area (Å²) in [5.74, 6) is 0.385. The van der Waals surface area contributed by atoms with E-state index in [0.717, 1.165) is 11.3 Å². The first-order valence-electron chi connectivity index (χ1n) is 6.82. The van der Waals surface area contributed by atoms with Gasteiger partial charge in [0.25, 0.3) is 0 Å². The van der Waals surface area contributed by atoms with Crippen molar-refractivity contribution in [1.29, 1.82) is 0 Å². The highest BCUT2D eigenvalue weighted by Crippen LogP contribution is 2.25. The molecule has 0 saturated heterocycles. The standard InChI is InChI=1S/C16H16N2O5S/c1-21-11-5-6-12(22-2)10(8-11)4-7-14(19)18-16-17-9-13(24-16)15(20)23-3/h4-9H,1-3H3,(H,17,18,19)/b7-4+. The molecule has 7 nitrogen and oxygen atoms in total. The Morgan fingerprint density at radius 1 is 1.21 bits per heavy atom. The van der Waals surface area contributed by atoms with Gasteiger partial charge in [-0.2, -0.15) is 0 Å². The fraction of sp³-hybridized carbons (Fsp3) is 0.188. The van der Waals surface area contributed by atoms with Crippen LogP contribution in [0.4, 0.5) is 5.13 Å². The van der Waals surface area contributed by atoms with Crippen LogP contribution in [0.25, 0.3) is 6.08 Å². The van der Waals surface area contributed by atoms with E-state index >= 15 is 0 Å². The number of methoxy groups -OCH3 is 3. The van der Waals surface area contributed by atoms with Gasteiger partial charge in [0.2, 0.25) is 5.91 Å². The maximum atomic E-state index is 12.0. The summed E-state index contributed by atoms with van der Waals surface area (Å²) in [5, 5.41) is 2.89. The molecule has 2 aromatic rings. The summed E-state index contributed by atoms with van der Waals surface area (Å²) in [7, 11) is 4.39. The molecule has 1 amide bonds. The van der Waals surface area contributed by atoms with Crippen LogP contribution in [-0.2, 0) is 9.53 Å². The highest BCUT2D eigenvalue weighted by Gasteiger charge is 2.11. The Bertz CT molecular complexity index is 770. The lowest BCUT2D eigenvalue weighted by molar-refractivity contribution is -0.111. The van der Waals surface area contributed by atoms with Crippen molar-refractivity contribution < 1.29 is 23.8 Å². The fourth-order valence-electron chi connectivity index (χ4n) is 1.81. The number of nitrogens with one attached hydrogen (secondary N) is 1. The monoisotopic (exact) mass is 348 g/mol. The van der Waals surface area contributed by atoms with Crippen molar-refractivity contribution in [2.75, 3.05) is 26.6 Å². The maximum absolute atomic E-state index is 12.0. The van der Waals surface area contributed by atoms with Crippen LogP contribution in [0.3, 0.4) is 0 Å². The number of nitrogens with zero attached hydrogens (tertiary/aromatic N) is 1. The number of ether oxygens (including phenoxy) is 3. The van der Waals surface area contributed by atoms with Crippen molar-refractivity contribution in [1.82, 2.24) is 4.98 Å². The third kappa shape index (κ3) is 4.32. The van der Waals surface area contributed by atoms with Crippen LogP contribution in [-0.4, -0.2) is 38.2 Å². The summed E-state index contributed by atoms with van der Waals surface area (Å²) in [5.41, 5.74) is 0.696. The van der Waals surface area contributed by atoms with Gasteiger partial charge in [0, 0.05) is 11.6 Å². The Hall–Kier alpha value is -2.87. The van der Waals surface area contributed by atoms with Crippen LogP contribution in [0.5, 0.6) is 11.5 Å². The van der Waals surface area contributed by atoms with Crippen LogP contribution >= 0.6 is 11.3 Å². The molecule has 0 atom stereocenters. The second kappa shape index (κ2) is 8.11. The van der Waals surface area contributed by atoms with Crippen molar-refractivity contribution >= 4 is 34.4 Å². The van der Waals surface area contributed by atoms with Crippen LogP contribution in [0.1, 0.15) is 15.2 Å². The Labute approximate surface area is 142 Å². The molecular weight excluding hydrogens is 332 g/mol. The van der Waals surface area contributed by atoms with E-state index in [2.05, 4.69) is 15.0 Å². The SMILES string of the molecule is COC(=O)c1cnc(NC(=O)/C=C/c2cc(OC)ccc2OC)s1. The number of amides is 1. The number of esters is 1. The van der Waals surface area contributed by atoms with Gasteiger partial charge < -0.3 is 14.2 Å². The molecule has 0 radical (unpaired) electrons. The Morgan fingerprint density at radius 2 is 2.00 bits per heavy atom. The van der Waals surface area contributed by atoms with Gasteiger partial charge in [0.15, 0.2) is 5.13 Å². The molecule has 0 aliphatic heterocycles. The van der Waals surface area contributed by atoms with Gasteiger partial charge >= 0.3 is 5.97 Å². The van der Waals surface area contributed by atoms with Gasteiger partial charge in [-0.25, -0.2) is 9.78 Å². The second-order valence-corrected chi connectivity index (χ2v) is 5.48. The number of aromatic nitrogens is 1. The second-order valence-electron chi connectivity index (χ2n) is 4.45. The molecule has 1 heterocycles. The zero-order valence-electron chi connectivity index (χ0n) is 13.4. The van der Waals surface area contributed by atoms with E-state index in [-0.39, 0.29) is 5.91 Å². The van der Waals surface area contributed by atoms with Crippen LogP contribution < -0.4 is 14.8 Å². The molecule has 0 unspecified atom stereocenters. The molecule has 1 aromatic heterocycles. The van der Waals surface area contributed by atoms with E-state index in [1.165, 1.54) is 19.4 Å². The lowest BCUT2D eigenvalue weighted by atomic mass is 10.1. The van der Waals surface area contributed by atoms with Gasteiger partial charge in [-0.3, -0.25) is 10.1 Å². The van der Waals surface area contributed by atoms with Crippen molar-refractivity contribution in [2.45, 2.75) is 0 Å². The minimum atomic E-state index is -0.496. The molecule has 0 fully saturated rings. The minimum Gasteiger partial charge on any atom is -0.497 e. The number of rotatable bonds is 6. The summed E-state index contributed by atoms with van der Waals surface area (Å²) >= 11 is 1.03. The van der Waals surface area contributed by atoms with E-state index in [1.807, 2.05) is 0 Å². The first-order valence-corrected chi connectivity index (χ1v) is 7.64. The van der Waals surface area contributed by atoms with Crippen LogP contribution in [0.15, 0.2) is 30.5 Å². The first kappa shape index (κ1) is 17.5. The number of carbonyl (C=O) groups is 2. The number of carbonyl (C=O) groups excluding carboxylic acids is 2. The molecule has 24 heavy (non-hydrogen) atoms. The number of hydrogen-bond acceptors (Lipinski definition) is 7. The Kier molecular flexibility index (Phi) is 5.91. The van der Waals surface area contributed by atoms with Crippen molar-refractivity contribution in [3.8, 4) is 11.5 Å². The fourth-order valence-corrected chi connectivity index (χ4v) is 2.55. The number of hydrogen-bond donors (Lipinski definition) is 1. The van der Waals surface area contributed by atoms with Gasteiger partial charge in [-0.05, 0) is 24.3 Å². The highest BCUT2D eigenvalue weighted by molar-refractivity contribution is 7.17. The van der Waals surface area contributed by atoms with E-state index in [1.54, 1.807) is 38.5 Å². The van der Waals surface area contributed by atoms with Gasteiger partial charge in [0.1, 0.15) is 16.4 Å². The zero-order chi connectivity index (χ0) is 17.5. The van der Waals surface area contributed by atoms with Crippen LogP contribution in [0.2, 0.25) is 0 Å². The molecule has 0 aliphatic carbocycles. The first-order chi connectivity index (χ1) is 11.6. The van der Waals surface area contributed by atoms with E-state index in [4.69, 9.17) is 9.47 Å². The largest absolute Gasteiger partial charge is 0.497 e. The summed E-state index contributed by atoms with van der Waals surface area (Å²) in [6, 6.07) is 5.27. The van der Waals surface area contributed by atoms with Gasteiger partial charge in [-0.1, -0.05) is 11.3 Å². The normalized spacial score (nSPS) is 10.5. The molecule has 0 bridgehead atoms. The molecule has 0 saturated carbocycles. The highest BCUT2D eigenvalue weighted by atomic mass is 32.1. The third-order valence-electron chi connectivity index (χ3n) is 2.97. The summed E-state index contributed by atoms with van der Waals surface area (Å²) in [6.07, 6.45) is 4.29. The molecule has 126 valence electrons. The Balaban J connectivity index is 2.08. The molecule has 1 aromatic carbocycles. The predicted octanol–water partition coefficient (Wildman–Crippen LogP) is 2.60. The summed E-state index contributed by atoms with van der Waals surface area (Å²) in [6.45, 7) is 0. The topological polar surface area (TPSA) is 86.8 Å². The average molecular weight is 348 g/mol.